The maximum absolute atomic E-state index is 10.6. The summed E-state index contributed by atoms with van der Waals surface area (Å²) in [6.07, 6.45) is 0.990. The number of hydrogen-bond acceptors (Lipinski definition) is 2. The average Bonchev–Trinajstić information content (AvgIpc) is 2.66. The molecule has 0 unspecified atom stereocenters. The molecular weight excluding hydrogens is 248 g/mol. The van der Waals surface area contributed by atoms with E-state index in [9.17, 15) is 5.11 Å². The molecule has 0 aliphatic carbocycles. The minimum Gasteiger partial charge on any atom is -0.504 e. The lowest BCUT2D eigenvalue weighted by Gasteiger charge is -2.15. The van der Waals surface area contributed by atoms with Gasteiger partial charge < -0.3 is 5.11 Å². The van der Waals surface area contributed by atoms with Crippen LogP contribution in [0.4, 0.5) is 0 Å². The number of nitrogens with zero attached hydrogens (tertiary/aromatic N) is 2. The predicted octanol–water partition coefficient (Wildman–Crippen LogP) is 4.27. The molecule has 2 rings (SSSR count). The Labute approximate surface area is 121 Å². The van der Waals surface area contributed by atoms with Gasteiger partial charge in [0.15, 0.2) is 5.75 Å². The summed E-state index contributed by atoms with van der Waals surface area (Å²) in [7, 11) is 0. The largest absolute Gasteiger partial charge is 0.504 e. The van der Waals surface area contributed by atoms with E-state index in [1.54, 1.807) is 0 Å². The molecule has 1 heterocycles. The third kappa shape index (κ3) is 2.72. The van der Waals surface area contributed by atoms with Gasteiger partial charge in [-0.3, -0.25) is 4.68 Å². The fourth-order valence-corrected chi connectivity index (χ4v) is 2.41. The van der Waals surface area contributed by atoms with Crippen LogP contribution in [-0.2, 0) is 12.0 Å². The minimum atomic E-state index is -0.165. The summed E-state index contributed by atoms with van der Waals surface area (Å²) in [5, 5.41) is 15.3. The lowest BCUT2D eigenvalue weighted by Crippen LogP contribution is -2.13. The molecule has 0 aliphatic rings. The van der Waals surface area contributed by atoms with Crippen LogP contribution < -0.4 is 0 Å². The van der Waals surface area contributed by atoms with Crippen LogP contribution in [0.15, 0.2) is 24.3 Å². The number of aromatic nitrogens is 2. The van der Waals surface area contributed by atoms with E-state index < -0.39 is 0 Å². The van der Waals surface area contributed by atoms with Gasteiger partial charge >= 0.3 is 0 Å². The van der Waals surface area contributed by atoms with Crippen molar-refractivity contribution < 1.29 is 5.11 Å². The fraction of sp³-hybridized carbons (Fsp3) is 0.471. The van der Waals surface area contributed by atoms with Crippen molar-refractivity contribution in [1.82, 2.24) is 9.78 Å². The van der Waals surface area contributed by atoms with E-state index in [4.69, 9.17) is 0 Å². The maximum atomic E-state index is 10.6. The zero-order valence-corrected chi connectivity index (χ0v) is 13.1. The van der Waals surface area contributed by atoms with Crippen molar-refractivity contribution in [3.05, 3.63) is 35.5 Å². The van der Waals surface area contributed by atoms with Gasteiger partial charge in [0.25, 0.3) is 0 Å². The molecule has 0 amide bonds. The van der Waals surface area contributed by atoms with E-state index in [2.05, 4.69) is 51.9 Å². The third-order valence-corrected chi connectivity index (χ3v) is 3.36. The number of benzene rings is 1. The molecule has 1 N–H and O–H groups in total. The normalized spacial score (nSPS) is 11.8. The molecule has 108 valence electrons. The predicted molar refractivity (Wildman–Crippen MR) is 83.1 cm³/mol. The van der Waals surface area contributed by atoms with Crippen molar-refractivity contribution in [3.63, 3.8) is 0 Å². The van der Waals surface area contributed by atoms with E-state index in [0.717, 1.165) is 29.9 Å². The monoisotopic (exact) mass is 272 g/mol. The third-order valence-electron chi connectivity index (χ3n) is 3.36. The lowest BCUT2D eigenvalue weighted by molar-refractivity contribution is 0.445. The number of aromatic hydroxyl groups is 1. The van der Waals surface area contributed by atoms with Crippen LogP contribution in [0.2, 0.25) is 0 Å². The topological polar surface area (TPSA) is 38.0 Å². The molecule has 0 spiro atoms. The van der Waals surface area contributed by atoms with Crippen LogP contribution in [0.25, 0.3) is 11.3 Å². The van der Waals surface area contributed by atoms with Crippen LogP contribution in [-0.4, -0.2) is 14.9 Å². The van der Waals surface area contributed by atoms with E-state index in [0.29, 0.717) is 5.75 Å². The van der Waals surface area contributed by atoms with Gasteiger partial charge in [-0.1, -0.05) is 51.5 Å². The van der Waals surface area contributed by atoms with Crippen LogP contribution in [0, 0.1) is 6.92 Å². The summed E-state index contributed by atoms with van der Waals surface area (Å²) in [4.78, 5) is 0. The average molecular weight is 272 g/mol. The second kappa shape index (κ2) is 5.31. The highest BCUT2D eigenvalue weighted by atomic mass is 16.3. The summed E-state index contributed by atoms with van der Waals surface area (Å²) in [6.45, 7) is 11.2. The van der Waals surface area contributed by atoms with Gasteiger partial charge in [-0.15, -0.1) is 0 Å². The van der Waals surface area contributed by atoms with Gasteiger partial charge in [0.05, 0.1) is 0 Å². The molecule has 1 aromatic heterocycles. The highest BCUT2D eigenvalue weighted by molar-refractivity contribution is 5.69. The molecular formula is C17H24N2O. The smallest absolute Gasteiger partial charge is 0.165 e. The Balaban J connectivity index is 2.64. The molecule has 0 saturated carbocycles. The summed E-state index contributed by atoms with van der Waals surface area (Å²) >= 11 is 0. The minimum absolute atomic E-state index is 0.165. The Bertz CT molecular complexity index is 606. The molecule has 0 saturated heterocycles. The molecule has 1 aromatic carbocycles. The zero-order valence-electron chi connectivity index (χ0n) is 13.1. The van der Waals surface area contributed by atoms with Gasteiger partial charge in [0, 0.05) is 17.5 Å². The number of hydrogen-bond donors (Lipinski definition) is 1. The quantitative estimate of drug-likeness (QED) is 0.906. The van der Waals surface area contributed by atoms with E-state index >= 15 is 0 Å². The van der Waals surface area contributed by atoms with Gasteiger partial charge in [-0.05, 0) is 19.4 Å². The van der Waals surface area contributed by atoms with Crippen LogP contribution >= 0.6 is 0 Å². The highest BCUT2D eigenvalue weighted by Crippen LogP contribution is 2.38. The fourth-order valence-electron chi connectivity index (χ4n) is 2.41. The Morgan fingerprint density at radius 1 is 1.25 bits per heavy atom. The second-order valence-electron chi connectivity index (χ2n) is 6.39. The summed E-state index contributed by atoms with van der Waals surface area (Å²) < 4.78 is 1.94. The summed E-state index contributed by atoms with van der Waals surface area (Å²) in [5.41, 5.74) is 3.65. The standard InChI is InChI=1S/C17H24N2O/c1-6-10-19-14(13-9-7-8-12(2)11-13)15(20)16(18-19)17(3,4)5/h7-9,11,20H,6,10H2,1-5H3. The van der Waals surface area contributed by atoms with Crippen LogP contribution in [0.5, 0.6) is 5.75 Å². The van der Waals surface area contributed by atoms with Gasteiger partial charge in [-0.25, -0.2) is 0 Å². The van der Waals surface area contributed by atoms with Gasteiger partial charge in [0.2, 0.25) is 0 Å². The van der Waals surface area contributed by atoms with Crippen molar-refractivity contribution in [2.45, 2.75) is 53.0 Å². The van der Waals surface area contributed by atoms with Crippen molar-refractivity contribution in [2.75, 3.05) is 0 Å². The van der Waals surface area contributed by atoms with E-state index in [1.807, 2.05) is 16.8 Å². The summed E-state index contributed by atoms with van der Waals surface area (Å²) in [5.74, 6) is 0.316. The second-order valence-corrected chi connectivity index (χ2v) is 6.39. The molecule has 3 nitrogen and oxygen atoms in total. The Hall–Kier alpha value is -1.77. The molecule has 0 bridgehead atoms. The molecule has 3 heteroatoms. The van der Waals surface area contributed by atoms with Crippen molar-refractivity contribution >= 4 is 0 Å². The maximum Gasteiger partial charge on any atom is 0.165 e. The van der Waals surface area contributed by atoms with Crippen molar-refractivity contribution in [2.24, 2.45) is 0 Å². The van der Waals surface area contributed by atoms with Crippen LogP contribution in [0.3, 0.4) is 0 Å². The first-order chi connectivity index (χ1) is 9.34. The molecule has 0 aliphatic heterocycles. The molecule has 20 heavy (non-hydrogen) atoms. The molecule has 2 aromatic rings. The SMILES string of the molecule is CCCn1nc(C(C)(C)C)c(O)c1-c1cccc(C)c1. The Morgan fingerprint density at radius 3 is 2.50 bits per heavy atom. The van der Waals surface area contributed by atoms with Gasteiger partial charge in [-0.2, -0.15) is 5.10 Å². The van der Waals surface area contributed by atoms with Crippen LogP contribution in [0.1, 0.15) is 45.4 Å². The molecule has 0 fully saturated rings. The number of aryl methyl sites for hydroxylation is 2. The highest BCUT2D eigenvalue weighted by Gasteiger charge is 2.27. The number of rotatable bonds is 3. The first kappa shape index (κ1) is 14.6. The van der Waals surface area contributed by atoms with Crippen molar-refractivity contribution in [1.29, 1.82) is 0 Å². The zero-order chi connectivity index (χ0) is 14.9. The lowest BCUT2D eigenvalue weighted by atomic mass is 9.91. The Morgan fingerprint density at radius 2 is 1.95 bits per heavy atom. The first-order valence-corrected chi connectivity index (χ1v) is 7.22. The van der Waals surface area contributed by atoms with Gasteiger partial charge in [0.1, 0.15) is 11.4 Å². The van der Waals surface area contributed by atoms with Crippen molar-refractivity contribution in [3.8, 4) is 17.0 Å². The Kier molecular flexibility index (Phi) is 3.89. The molecule has 0 atom stereocenters. The van der Waals surface area contributed by atoms with E-state index in [1.165, 1.54) is 5.56 Å². The molecule has 0 radical (unpaired) electrons. The van der Waals surface area contributed by atoms with E-state index in [-0.39, 0.29) is 5.41 Å². The first-order valence-electron chi connectivity index (χ1n) is 7.22. The summed E-state index contributed by atoms with van der Waals surface area (Å²) in [6, 6.07) is 8.20.